The van der Waals surface area contributed by atoms with Gasteiger partial charge < -0.3 is 0 Å². The fraction of sp³-hybridized carbons (Fsp3) is 0.789. The first-order chi connectivity index (χ1) is 8.98. The molecule has 0 saturated carbocycles. The van der Waals surface area contributed by atoms with Crippen LogP contribution in [0.15, 0.2) is 24.3 Å². The van der Waals surface area contributed by atoms with Crippen LogP contribution in [-0.2, 0) is 0 Å². The third kappa shape index (κ3) is 12.3. The molecule has 0 bridgehead atoms. The van der Waals surface area contributed by atoms with Crippen molar-refractivity contribution in [3.8, 4) is 0 Å². The number of hydrogen-bond acceptors (Lipinski definition) is 0. The van der Waals surface area contributed by atoms with Gasteiger partial charge in [-0.1, -0.05) is 78.2 Å². The maximum Gasteiger partial charge on any atom is -0.0348 e. The number of rotatable bonds is 10. The van der Waals surface area contributed by atoms with Crippen LogP contribution in [0.5, 0.6) is 0 Å². The molecule has 19 heavy (non-hydrogen) atoms. The molecule has 0 radical (unpaired) electrons. The van der Waals surface area contributed by atoms with Crippen LogP contribution >= 0.6 is 0 Å². The predicted octanol–water partition coefficient (Wildman–Crippen LogP) is 6.92. The van der Waals surface area contributed by atoms with E-state index in [-0.39, 0.29) is 0 Å². The van der Waals surface area contributed by atoms with Crippen molar-refractivity contribution < 1.29 is 0 Å². The molecule has 0 N–H and O–H groups in total. The molecule has 0 aliphatic carbocycles. The van der Waals surface area contributed by atoms with Crippen molar-refractivity contribution >= 4 is 0 Å². The second kappa shape index (κ2) is 11.3. The summed E-state index contributed by atoms with van der Waals surface area (Å²) in [5.41, 5.74) is 0.460. The minimum Gasteiger partial charge on any atom is -0.0845 e. The molecule has 0 aliphatic rings. The van der Waals surface area contributed by atoms with Crippen LogP contribution in [0.4, 0.5) is 0 Å². The van der Waals surface area contributed by atoms with E-state index in [4.69, 9.17) is 0 Å². The SMILES string of the molecule is CCCCCCC=CC=CCCCC(C)C(C)(C)C. The van der Waals surface area contributed by atoms with Crippen molar-refractivity contribution in [2.45, 2.75) is 86.0 Å². The van der Waals surface area contributed by atoms with Gasteiger partial charge in [-0.3, -0.25) is 0 Å². The maximum absolute atomic E-state index is 2.37. The van der Waals surface area contributed by atoms with Crippen molar-refractivity contribution in [1.82, 2.24) is 0 Å². The van der Waals surface area contributed by atoms with Gasteiger partial charge in [0, 0.05) is 0 Å². The molecule has 0 heteroatoms. The summed E-state index contributed by atoms with van der Waals surface area (Å²) < 4.78 is 0. The molecule has 0 amide bonds. The van der Waals surface area contributed by atoms with Gasteiger partial charge >= 0.3 is 0 Å². The van der Waals surface area contributed by atoms with Crippen LogP contribution in [0.1, 0.15) is 86.0 Å². The number of allylic oxidation sites excluding steroid dienone is 4. The molecule has 0 nitrogen and oxygen atoms in total. The molecular weight excluding hydrogens is 228 g/mol. The Morgan fingerprint density at radius 3 is 1.95 bits per heavy atom. The normalized spacial score (nSPS) is 14.6. The molecule has 0 aliphatic heterocycles. The van der Waals surface area contributed by atoms with Gasteiger partial charge in [-0.2, -0.15) is 0 Å². The van der Waals surface area contributed by atoms with Gasteiger partial charge in [-0.05, 0) is 43.4 Å². The summed E-state index contributed by atoms with van der Waals surface area (Å²) >= 11 is 0. The summed E-state index contributed by atoms with van der Waals surface area (Å²) in [6.07, 6.45) is 19.6. The van der Waals surface area contributed by atoms with E-state index in [1.54, 1.807) is 0 Å². The Hall–Kier alpha value is -0.520. The fourth-order valence-corrected chi connectivity index (χ4v) is 2.01. The van der Waals surface area contributed by atoms with Crippen molar-refractivity contribution in [1.29, 1.82) is 0 Å². The minimum atomic E-state index is 0.460. The van der Waals surface area contributed by atoms with Crippen molar-refractivity contribution in [3.63, 3.8) is 0 Å². The zero-order valence-electron chi connectivity index (χ0n) is 14.0. The van der Waals surface area contributed by atoms with Gasteiger partial charge in [-0.25, -0.2) is 0 Å². The van der Waals surface area contributed by atoms with Gasteiger partial charge in [0.15, 0.2) is 0 Å². The Bertz CT molecular complexity index is 239. The molecule has 0 aromatic carbocycles. The molecule has 0 aromatic rings. The molecule has 112 valence electrons. The Labute approximate surface area is 122 Å². The van der Waals surface area contributed by atoms with Gasteiger partial charge in [-0.15, -0.1) is 0 Å². The Kier molecular flexibility index (Phi) is 11.0. The second-order valence-electron chi connectivity index (χ2n) is 6.90. The lowest BCUT2D eigenvalue weighted by atomic mass is 9.79. The molecule has 1 atom stereocenters. The van der Waals surface area contributed by atoms with Gasteiger partial charge in [0.2, 0.25) is 0 Å². The lowest BCUT2D eigenvalue weighted by Crippen LogP contribution is -2.16. The second-order valence-corrected chi connectivity index (χ2v) is 6.90. The molecule has 1 unspecified atom stereocenters. The monoisotopic (exact) mass is 264 g/mol. The van der Waals surface area contributed by atoms with Crippen molar-refractivity contribution in [2.75, 3.05) is 0 Å². The van der Waals surface area contributed by atoms with Crippen LogP contribution < -0.4 is 0 Å². The Morgan fingerprint density at radius 2 is 1.42 bits per heavy atom. The van der Waals surface area contributed by atoms with E-state index in [9.17, 15) is 0 Å². The van der Waals surface area contributed by atoms with E-state index >= 15 is 0 Å². The standard InChI is InChI=1S/C19H36/c1-6-7-8-9-10-11-12-13-14-15-16-17-18(2)19(3,4)5/h11-14,18H,6-10,15-17H2,1-5H3. The third-order valence-corrected chi connectivity index (χ3v) is 4.09. The molecule has 0 spiro atoms. The molecular formula is C19H36. The van der Waals surface area contributed by atoms with Crippen molar-refractivity contribution in [2.24, 2.45) is 11.3 Å². The van der Waals surface area contributed by atoms with Crippen LogP contribution in [0.3, 0.4) is 0 Å². The lowest BCUT2D eigenvalue weighted by molar-refractivity contribution is 0.243. The van der Waals surface area contributed by atoms with E-state index in [1.807, 2.05) is 0 Å². The minimum absolute atomic E-state index is 0.460. The van der Waals surface area contributed by atoms with Gasteiger partial charge in [0.1, 0.15) is 0 Å². The highest BCUT2D eigenvalue weighted by Gasteiger charge is 2.18. The largest absolute Gasteiger partial charge is 0.0845 e. The number of hydrogen-bond donors (Lipinski definition) is 0. The summed E-state index contributed by atoms with van der Waals surface area (Å²) in [6, 6.07) is 0. The number of unbranched alkanes of at least 4 members (excludes halogenated alkanes) is 5. The van der Waals surface area contributed by atoms with Crippen LogP contribution in [0.2, 0.25) is 0 Å². The average Bonchev–Trinajstić information content (AvgIpc) is 2.34. The maximum atomic E-state index is 2.37. The predicted molar refractivity (Wildman–Crippen MR) is 89.5 cm³/mol. The first-order valence-corrected chi connectivity index (χ1v) is 8.30. The molecule has 0 fully saturated rings. The smallest absolute Gasteiger partial charge is 0.0348 e. The van der Waals surface area contributed by atoms with Crippen molar-refractivity contribution in [3.05, 3.63) is 24.3 Å². The Balaban J connectivity index is 3.46. The lowest BCUT2D eigenvalue weighted by Gasteiger charge is -2.26. The van der Waals surface area contributed by atoms with Gasteiger partial charge in [0.25, 0.3) is 0 Å². The quantitative estimate of drug-likeness (QED) is 0.297. The zero-order valence-corrected chi connectivity index (χ0v) is 14.0. The van der Waals surface area contributed by atoms with Crippen LogP contribution in [0, 0.1) is 11.3 Å². The average molecular weight is 264 g/mol. The summed E-state index contributed by atoms with van der Waals surface area (Å²) in [7, 11) is 0. The summed E-state index contributed by atoms with van der Waals surface area (Å²) in [5.74, 6) is 0.815. The summed E-state index contributed by atoms with van der Waals surface area (Å²) in [4.78, 5) is 0. The van der Waals surface area contributed by atoms with E-state index in [2.05, 4.69) is 58.9 Å². The van der Waals surface area contributed by atoms with E-state index < -0.39 is 0 Å². The zero-order chi connectivity index (χ0) is 14.6. The molecule has 0 aromatic heterocycles. The topological polar surface area (TPSA) is 0 Å². The van der Waals surface area contributed by atoms with E-state index in [1.165, 1.54) is 51.4 Å². The highest BCUT2D eigenvalue weighted by Crippen LogP contribution is 2.29. The van der Waals surface area contributed by atoms with Gasteiger partial charge in [0.05, 0.1) is 0 Å². The molecule has 0 saturated heterocycles. The third-order valence-electron chi connectivity index (χ3n) is 4.09. The highest BCUT2D eigenvalue weighted by molar-refractivity contribution is 5.02. The summed E-state index contributed by atoms with van der Waals surface area (Å²) in [5, 5.41) is 0. The van der Waals surface area contributed by atoms with E-state index in [0.29, 0.717) is 5.41 Å². The Morgan fingerprint density at radius 1 is 0.842 bits per heavy atom. The fourth-order valence-electron chi connectivity index (χ4n) is 2.01. The first-order valence-electron chi connectivity index (χ1n) is 8.30. The van der Waals surface area contributed by atoms with Crippen LogP contribution in [-0.4, -0.2) is 0 Å². The highest BCUT2D eigenvalue weighted by atomic mass is 14.2. The first kappa shape index (κ1) is 18.5. The van der Waals surface area contributed by atoms with E-state index in [0.717, 1.165) is 5.92 Å². The molecule has 0 heterocycles. The van der Waals surface area contributed by atoms with Crippen LogP contribution in [0.25, 0.3) is 0 Å². The summed E-state index contributed by atoms with van der Waals surface area (Å²) in [6.45, 7) is 11.7. The molecule has 0 rings (SSSR count).